The molecule has 0 bridgehead atoms. The van der Waals surface area contributed by atoms with Gasteiger partial charge in [0.15, 0.2) is 0 Å². The summed E-state index contributed by atoms with van der Waals surface area (Å²) in [6.07, 6.45) is 3.99. The quantitative estimate of drug-likeness (QED) is 0.787. The van der Waals surface area contributed by atoms with Gasteiger partial charge in [-0.1, -0.05) is 12.1 Å². The standard InChI is InChI=1S/C14H23NOS/c1-14(2,16-3)10-9-13(15)11-5-7-12(17-4)8-6-11/h5-8,13H,9-10,15H2,1-4H3. The van der Waals surface area contributed by atoms with Crippen molar-refractivity contribution in [1.29, 1.82) is 0 Å². The summed E-state index contributed by atoms with van der Waals surface area (Å²) in [4.78, 5) is 1.28. The highest BCUT2D eigenvalue weighted by atomic mass is 32.2. The summed E-state index contributed by atoms with van der Waals surface area (Å²) in [5.41, 5.74) is 7.30. The molecule has 17 heavy (non-hydrogen) atoms. The van der Waals surface area contributed by atoms with Crippen molar-refractivity contribution in [3.8, 4) is 0 Å². The Morgan fingerprint density at radius 3 is 2.35 bits per heavy atom. The van der Waals surface area contributed by atoms with Crippen LogP contribution in [0.5, 0.6) is 0 Å². The van der Waals surface area contributed by atoms with E-state index in [1.807, 2.05) is 0 Å². The lowest BCUT2D eigenvalue weighted by Gasteiger charge is -2.24. The van der Waals surface area contributed by atoms with Crippen molar-refractivity contribution in [3.05, 3.63) is 29.8 Å². The highest BCUT2D eigenvalue weighted by molar-refractivity contribution is 7.98. The van der Waals surface area contributed by atoms with Gasteiger partial charge in [-0.25, -0.2) is 0 Å². The lowest BCUT2D eigenvalue weighted by Crippen LogP contribution is -2.24. The van der Waals surface area contributed by atoms with E-state index in [2.05, 4.69) is 44.4 Å². The van der Waals surface area contributed by atoms with E-state index in [0.717, 1.165) is 12.8 Å². The van der Waals surface area contributed by atoms with Crippen molar-refractivity contribution < 1.29 is 4.74 Å². The van der Waals surface area contributed by atoms with Gasteiger partial charge in [0.25, 0.3) is 0 Å². The maximum absolute atomic E-state index is 6.19. The summed E-state index contributed by atoms with van der Waals surface area (Å²) in [6, 6.07) is 8.59. The molecule has 0 aliphatic rings. The zero-order valence-electron chi connectivity index (χ0n) is 11.2. The number of ether oxygens (including phenoxy) is 1. The van der Waals surface area contributed by atoms with Crippen molar-refractivity contribution in [2.75, 3.05) is 13.4 Å². The van der Waals surface area contributed by atoms with Gasteiger partial charge in [-0.15, -0.1) is 11.8 Å². The lowest BCUT2D eigenvalue weighted by atomic mass is 9.95. The molecule has 0 saturated carbocycles. The molecule has 0 spiro atoms. The average molecular weight is 253 g/mol. The summed E-state index contributed by atoms with van der Waals surface area (Å²) in [7, 11) is 1.75. The molecule has 96 valence electrons. The third-order valence-electron chi connectivity index (χ3n) is 3.15. The van der Waals surface area contributed by atoms with Gasteiger partial charge in [0.2, 0.25) is 0 Å². The third-order valence-corrected chi connectivity index (χ3v) is 3.90. The minimum Gasteiger partial charge on any atom is -0.379 e. The minimum atomic E-state index is -0.0865. The molecule has 2 nitrogen and oxygen atoms in total. The number of rotatable bonds is 6. The first-order chi connectivity index (χ1) is 7.98. The highest BCUT2D eigenvalue weighted by Gasteiger charge is 2.18. The third kappa shape index (κ3) is 4.70. The van der Waals surface area contributed by atoms with Gasteiger partial charge in [-0.05, 0) is 50.6 Å². The Kier molecular flexibility index (Phi) is 5.50. The predicted molar refractivity (Wildman–Crippen MR) is 75.5 cm³/mol. The molecule has 0 aromatic heterocycles. The van der Waals surface area contributed by atoms with E-state index in [4.69, 9.17) is 10.5 Å². The largest absolute Gasteiger partial charge is 0.379 e. The van der Waals surface area contributed by atoms with E-state index in [0.29, 0.717) is 0 Å². The van der Waals surface area contributed by atoms with Gasteiger partial charge in [-0.3, -0.25) is 0 Å². The molecule has 0 aliphatic carbocycles. The molecule has 2 N–H and O–H groups in total. The fourth-order valence-corrected chi connectivity index (χ4v) is 2.03. The number of hydrogen-bond acceptors (Lipinski definition) is 3. The van der Waals surface area contributed by atoms with Crippen LogP contribution in [-0.4, -0.2) is 19.0 Å². The molecule has 1 unspecified atom stereocenters. The van der Waals surface area contributed by atoms with Gasteiger partial charge in [-0.2, -0.15) is 0 Å². The van der Waals surface area contributed by atoms with E-state index < -0.39 is 0 Å². The second kappa shape index (κ2) is 6.43. The predicted octanol–water partition coefficient (Wildman–Crippen LogP) is 3.61. The maximum atomic E-state index is 6.19. The van der Waals surface area contributed by atoms with Gasteiger partial charge in [0, 0.05) is 18.0 Å². The number of hydrogen-bond donors (Lipinski definition) is 1. The highest BCUT2D eigenvalue weighted by Crippen LogP contribution is 2.24. The summed E-state index contributed by atoms with van der Waals surface area (Å²) in [5.74, 6) is 0. The van der Waals surface area contributed by atoms with Crippen LogP contribution in [0.1, 0.15) is 38.3 Å². The van der Waals surface area contributed by atoms with Crippen LogP contribution in [0, 0.1) is 0 Å². The van der Waals surface area contributed by atoms with E-state index >= 15 is 0 Å². The normalized spacial score (nSPS) is 13.7. The van der Waals surface area contributed by atoms with Crippen molar-refractivity contribution >= 4 is 11.8 Å². The van der Waals surface area contributed by atoms with Gasteiger partial charge < -0.3 is 10.5 Å². The molecule has 1 aromatic rings. The van der Waals surface area contributed by atoms with Crippen molar-refractivity contribution in [3.63, 3.8) is 0 Å². The summed E-state index contributed by atoms with van der Waals surface area (Å²) < 4.78 is 5.40. The molecule has 0 amide bonds. The molecule has 1 aromatic carbocycles. The Hall–Kier alpha value is -0.510. The van der Waals surface area contributed by atoms with Gasteiger partial charge >= 0.3 is 0 Å². The molecule has 0 aliphatic heterocycles. The van der Waals surface area contributed by atoms with Crippen molar-refractivity contribution in [2.24, 2.45) is 5.73 Å². The van der Waals surface area contributed by atoms with Crippen LogP contribution >= 0.6 is 11.8 Å². The van der Waals surface area contributed by atoms with Crippen LogP contribution in [0.4, 0.5) is 0 Å². The molecule has 1 atom stereocenters. The van der Waals surface area contributed by atoms with E-state index in [9.17, 15) is 0 Å². The SMILES string of the molecule is COC(C)(C)CCC(N)c1ccc(SC)cc1. The van der Waals surface area contributed by atoms with Crippen molar-refractivity contribution in [1.82, 2.24) is 0 Å². The van der Waals surface area contributed by atoms with Crippen molar-refractivity contribution in [2.45, 2.75) is 43.2 Å². The first-order valence-corrected chi connectivity index (χ1v) is 7.15. The zero-order chi connectivity index (χ0) is 12.9. The molecule has 0 fully saturated rings. The maximum Gasteiger partial charge on any atom is 0.0623 e. The number of methoxy groups -OCH3 is 1. The number of benzene rings is 1. The average Bonchev–Trinajstić information content (AvgIpc) is 2.36. The molecule has 0 radical (unpaired) electrons. The minimum absolute atomic E-state index is 0.0865. The Balaban J connectivity index is 2.54. The monoisotopic (exact) mass is 253 g/mol. The summed E-state index contributed by atoms with van der Waals surface area (Å²) in [5, 5.41) is 0. The summed E-state index contributed by atoms with van der Waals surface area (Å²) >= 11 is 1.75. The molecule has 3 heteroatoms. The van der Waals surface area contributed by atoms with Crippen LogP contribution in [-0.2, 0) is 4.74 Å². The van der Waals surface area contributed by atoms with E-state index in [1.54, 1.807) is 18.9 Å². The van der Waals surface area contributed by atoms with Gasteiger partial charge in [0.05, 0.1) is 5.60 Å². The Morgan fingerprint density at radius 1 is 1.29 bits per heavy atom. The first-order valence-electron chi connectivity index (χ1n) is 5.93. The van der Waals surface area contributed by atoms with Crippen LogP contribution < -0.4 is 5.73 Å². The van der Waals surface area contributed by atoms with Crippen LogP contribution in [0.25, 0.3) is 0 Å². The smallest absolute Gasteiger partial charge is 0.0623 e. The fourth-order valence-electron chi connectivity index (χ4n) is 1.62. The second-order valence-corrected chi connectivity index (χ2v) is 5.76. The number of thioether (sulfide) groups is 1. The fraction of sp³-hybridized carbons (Fsp3) is 0.571. The number of nitrogens with two attached hydrogens (primary N) is 1. The van der Waals surface area contributed by atoms with Gasteiger partial charge in [0.1, 0.15) is 0 Å². The Morgan fingerprint density at radius 2 is 1.88 bits per heavy atom. The topological polar surface area (TPSA) is 35.2 Å². The second-order valence-electron chi connectivity index (χ2n) is 4.88. The van der Waals surface area contributed by atoms with Crippen LogP contribution in [0.2, 0.25) is 0 Å². The first kappa shape index (κ1) is 14.6. The molecular weight excluding hydrogens is 230 g/mol. The Bertz CT molecular complexity index is 335. The molecule has 0 heterocycles. The molecule has 0 saturated heterocycles. The summed E-state index contributed by atoms with van der Waals surface area (Å²) in [6.45, 7) is 4.19. The zero-order valence-corrected chi connectivity index (χ0v) is 12.0. The lowest BCUT2D eigenvalue weighted by molar-refractivity contribution is 0.0125. The van der Waals surface area contributed by atoms with E-state index in [1.165, 1.54) is 10.5 Å². The Labute approximate surface area is 109 Å². The van der Waals surface area contributed by atoms with Crippen LogP contribution in [0.15, 0.2) is 29.2 Å². The molecular formula is C14H23NOS. The van der Waals surface area contributed by atoms with E-state index in [-0.39, 0.29) is 11.6 Å². The molecule has 1 rings (SSSR count). The van der Waals surface area contributed by atoms with Crippen LogP contribution in [0.3, 0.4) is 0 Å².